The molecule has 5 heteroatoms. The van der Waals surface area contributed by atoms with Crippen molar-refractivity contribution >= 4 is 10.9 Å². The minimum absolute atomic E-state index is 0.320. The number of nitrogens with zero attached hydrogens (tertiary/aromatic N) is 5. The van der Waals surface area contributed by atoms with Crippen molar-refractivity contribution in [2.75, 3.05) is 0 Å². The van der Waals surface area contributed by atoms with Crippen molar-refractivity contribution in [3.8, 4) is 11.9 Å². The Hall–Kier alpha value is -2.74. The van der Waals surface area contributed by atoms with Gasteiger partial charge in [0, 0.05) is 17.1 Å². The molecule has 0 unspecified atom stereocenters. The van der Waals surface area contributed by atoms with Crippen LogP contribution in [-0.4, -0.2) is 19.7 Å². The average Bonchev–Trinajstić information content (AvgIpc) is 2.97. The van der Waals surface area contributed by atoms with Gasteiger partial charge in [-0.3, -0.25) is 0 Å². The molecule has 1 saturated carbocycles. The van der Waals surface area contributed by atoms with E-state index in [0.29, 0.717) is 0 Å². The Bertz CT molecular complexity index is 960. The Morgan fingerprint density at radius 2 is 2.08 bits per heavy atom. The van der Waals surface area contributed by atoms with E-state index >= 15 is 0 Å². The predicted molar refractivity (Wildman–Crippen MR) is 91.9 cm³/mol. The van der Waals surface area contributed by atoms with Crippen LogP contribution in [0, 0.1) is 18.3 Å². The molecule has 0 N–H and O–H groups in total. The topological polar surface area (TPSA) is 67.4 Å². The molecule has 3 aromatic rings. The van der Waals surface area contributed by atoms with E-state index in [2.05, 4.69) is 46.3 Å². The molecule has 0 spiro atoms. The van der Waals surface area contributed by atoms with E-state index in [4.69, 9.17) is 0 Å². The lowest BCUT2D eigenvalue weighted by Crippen LogP contribution is -2.32. The highest BCUT2D eigenvalue weighted by Gasteiger charge is 2.39. The number of hydrogen-bond donors (Lipinski definition) is 0. The average molecular weight is 317 g/mol. The lowest BCUT2D eigenvalue weighted by molar-refractivity contribution is 0.324. The fourth-order valence-electron chi connectivity index (χ4n) is 3.40. The minimum atomic E-state index is -0.320. The molecule has 5 nitrogen and oxygen atoms in total. The second kappa shape index (κ2) is 5.41. The standard InChI is InChI=1S/C19H19N5/c1-3-16-10-18(23-13(2)22-16)24-17-9-15(6-5-14(17)11-21-24)19(12-20)7-4-8-19/h5-6,9-11H,3-4,7-8H2,1-2H3. The van der Waals surface area contributed by atoms with Crippen LogP contribution in [-0.2, 0) is 11.8 Å². The summed E-state index contributed by atoms with van der Waals surface area (Å²) in [6.45, 7) is 3.98. The van der Waals surface area contributed by atoms with Crippen LogP contribution in [0.1, 0.15) is 43.3 Å². The van der Waals surface area contributed by atoms with Crippen molar-refractivity contribution < 1.29 is 0 Å². The van der Waals surface area contributed by atoms with Crippen LogP contribution in [0.25, 0.3) is 16.7 Å². The lowest BCUT2D eigenvalue weighted by Gasteiger charge is -2.35. The zero-order chi connectivity index (χ0) is 16.7. The van der Waals surface area contributed by atoms with Gasteiger partial charge in [-0.25, -0.2) is 14.6 Å². The Kier molecular flexibility index (Phi) is 3.34. The Morgan fingerprint density at radius 3 is 2.75 bits per heavy atom. The van der Waals surface area contributed by atoms with Gasteiger partial charge in [-0.15, -0.1) is 0 Å². The Morgan fingerprint density at radius 1 is 1.25 bits per heavy atom. The molecule has 2 aromatic heterocycles. The van der Waals surface area contributed by atoms with Crippen molar-refractivity contribution in [1.29, 1.82) is 5.26 Å². The third kappa shape index (κ3) is 2.18. The largest absolute Gasteiger partial charge is 0.238 e. The molecule has 0 aliphatic heterocycles. The second-order valence-electron chi connectivity index (χ2n) is 6.50. The fraction of sp³-hybridized carbons (Fsp3) is 0.368. The number of fused-ring (bicyclic) bond motifs is 1. The van der Waals surface area contributed by atoms with E-state index in [1.54, 1.807) is 0 Å². The molecule has 1 aromatic carbocycles. The van der Waals surface area contributed by atoms with Crippen molar-refractivity contribution in [1.82, 2.24) is 19.7 Å². The molecule has 0 radical (unpaired) electrons. The number of aryl methyl sites for hydroxylation is 2. The van der Waals surface area contributed by atoms with Gasteiger partial charge in [0.15, 0.2) is 5.82 Å². The summed E-state index contributed by atoms with van der Waals surface area (Å²) in [4.78, 5) is 8.98. The van der Waals surface area contributed by atoms with Gasteiger partial charge in [0.05, 0.1) is 23.2 Å². The molecule has 1 fully saturated rings. The summed E-state index contributed by atoms with van der Waals surface area (Å²) >= 11 is 0. The highest BCUT2D eigenvalue weighted by Crippen LogP contribution is 2.43. The zero-order valence-corrected chi connectivity index (χ0v) is 14.0. The van der Waals surface area contributed by atoms with E-state index in [1.807, 2.05) is 23.9 Å². The van der Waals surface area contributed by atoms with Crippen LogP contribution in [0.15, 0.2) is 30.5 Å². The normalized spacial score (nSPS) is 15.9. The molecular weight excluding hydrogens is 298 g/mol. The van der Waals surface area contributed by atoms with E-state index in [0.717, 1.165) is 59.5 Å². The van der Waals surface area contributed by atoms with Gasteiger partial charge >= 0.3 is 0 Å². The molecule has 24 heavy (non-hydrogen) atoms. The third-order valence-corrected chi connectivity index (χ3v) is 5.00. The molecule has 120 valence electrons. The maximum absolute atomic E-state index is 9.61. The van der Waals surface area contributed by atoms with Crippen LogP contribution in [0.2, 0.25) is 0 Å². The van der Waals surface area contributed by atoms with E-state index in [1.165, 1.54) is 0 Å². The molecule has 0 saturated heterocycles. The first-order chi connectivity index (χ1) is 11.6. The minimum Gasteiger partial charge on any atom is -0.238 e. The summed E-state index contributed by atoms with van der Waals surface area (Å²) in [5, 5.41) is 15.2. The number of benzene rings is 1. The maximum Gasteiger partial charge on any atom is 0.157 e. The first-order valence-corrected chi connectivity index (χ1v) is 8.40. The van der Waals surface area contributed by atoms with Gasteiger partial charge < -0.3 is 0 Å². The Labute approximate surface area is 141 Å². The molecule has 2 heterocycles. The molecular formula is C19H19N5. The van der Waals surface area contributed by atoms with Crippen LogP contribution in [0.3, 0.4) is 0 Å². The SMILES string of the molecule is CCc1cc(-n2ncc3ccc(C4(C#N)CCC4)cc32)nc(C)n1. The molecule has 4 rings (SSSR count). The van der Waals surface area contributed by atoms with Crippen molar-refractivity contribution in [3.63, 3.8) is 0 Å². The summed E-state index contributed by atoms with van der Waals surface area (Å²) < 4.78 is 1.86. The molecule has 0 atom stereocenters. The monoisotopic (exact) mass is 317 g/mol. The first kappa shape index (κ1) is 14.8. The van der Waals surface area contributed by atoms with Crippen molar-refractivity contribution in [2.24, 2.45) is 0 Å². The summed E-state index contributed by atoms with van der Waals surface area (Å²) in [6.07, 6.45) is 5.71. The molecule has 1 aliphatic carbocycles. The lowest BCUT2D eigenvalue weighted by atomic mass is 9.65. The van der Waals surface area contributed by atoms with E-state index in [9.17, 15) is 5.26 Å². The van der Waals surface area contributed by atoms with E-state index < -0.39 is 0 Å². The number of aromatic nitrogens is 4. The highest BCUT2D eigenvalue weighted by molar-refractivity contribution is 5.81. The summed E-state index contributed by atoms with van der Waals surface area (Å²) in [6, 6.07) is 10.7. The number of rotatable bonds is 3. The van der Waals surface area contributed by atoms with Crippen molar-refractivity contribution in [2.45, 2.75) is 44.9 Å². The van der Waals surface area contributed by atoms with Gasteiger partial charge in [-0.2, -0.15) is 10.4 Å². The highest BCUT2D eigenvalue weighted by atomic mass is 15.3. The smallest absolute Gasteiger partial charge is 0.157 e. The maximum atomic E-state index is 9.61. The third-order valence-electron chi connectivity index (χ3n) is 5.00. The van der Waals surface area contributed by atoms with Gasteiger partial charge in [0.2, 0.25) is 0 Å². The molecule has 1 aliphatic rings. The molecule has 0 bridgehead atoms. The van der Waals surface area contributed by atoms with Crippen molar-refractivity contribution in [3.05, 3.63) is 47.5 Å². The van der Waals surface area contributed by atoms with Crippen LogP contribution in [0.4, 0.5) is 0 Å². The van der Waals surface area contributed by atoms with Crippen LogP contribution in [0.5, 0.6) is 0 Å². The van der Waals surface area contributed by atoms with Gasteiger partial charge in [0.25, 0.3) is 0 Å². The van der Waals surface area contributed by atoms with Crippen LogP contribution < -0.4 is 0 Å². The number of nitriles is 1. The predicted octanol–water partition coefficient (Wildman–Crippen LogP) is 3.63. The fourth-order valence-corrected chi connectivity index (χ4v) is 3.40. The van der Waals surface area contributed by atoms with Gasteiger partial charge in [-0.1, -0.05) is 19.1 Å². The zero-order valence-electron chi connectivity index (χ0n) is 14.0. The number of hydrogen-bond acceptors (Lipinski definition) is 4. The Balaban J connectivity index is 1.88. The van der Waals surface area contributed by atoms with Gasteiger partial charge in [0.1, 0.15) is 5.82 Å². The molecule has 0 amide bonds. The van der Waals surface area contributed by atoms with E-state index in [-0.39, 0.29) is 5.41 Å². The second-order valence-corrected chi connectivity index (χ2v) is 6.50. The summed E-state index contributed by atoms with van der Waals surface area (Å²) in [5.74, 6) is 1.53. The first-order valence-electron chi connectivity index (χ1n) is 8.40. The summed E-state index contributed by atoms with van der Waals surface area (Å²) in [5.41, 5.74) is 2.77. The quantitative estimate of drug-likeness (QED) is 0.739. The van der Waals surface area contributed by atoms with Crippen LogP contribution >= 0.6 is 0 Å². The summed E-state index contributed by atoms with van der Waals surface area (Å²) in [7, 11) is 0. The van der Waals surface area contributed by atoms with Gasteiger partial charge in [-0.05, 0) is 44.2 Å².